The number of nitrogens with zero attached hydrogens (tertiary/aromatic N) is 4. The summed E-state index contributed by atoms with van der Waals surface area (Å²) in [4.78, 5) is 22.1. The first-order chi connectivity index (χ1) is 13.5. The summed E-state index contributed by atoms with van der Waals surface area (Å²) in [5.41, 5.74) is 1.36. The first-order valence-electron chi connectivity index (χ1n) is 8.86. The van der Waals surface area contributed by atoms with Crippen molar-refractivity contribution < 1.29 is 18.4 Å². The number of carbonyl (C=O) groups excluding carboxylic acids is 1. The van der Waals surface area contributed by atoms with E-state index in [1.54, 1.807) is 18.3 Å². The van der Waals surface area contributed by atoms with E-state index in [0.29, 0.717) is 41.3 Å². The number of benzene rings is 1. The van der Waals surface area contributed by atoms with E-state index in [4.69, 9.17) is 9.26 Å². The van der Waals surface area contributed by atoms with Gasteiger partial charge in [-0.05, 0) is 32.2 Å². The van der Waals surface area contributed by atoms with Crippen LogP contribution in [0.2, 0.25) is 0 Å². The summed E-state index contributed by atoms with van der Waals surface area (Å²) in [5.74, 6) is -0.598. The summed E-state index contributed by atoms with van der Waals surface area (Å²) in [7, 11) is 0. The Kier molecular flexibility index (Phi) is 5.03. The first-order valence-corrected chi connectivity index (χ1v) is 10.1. The van der Waals surface area contributed by atoms with Crippen LogP contribution in [0.25, 0.3) is 22.4 Å². The van der Waals surface area contributed by atoms with Gasteiger partial charge in [0.05, 0.1) is 29.0 Å². The Bertz CT molecular complexity index is 1030. The summed E-state index contributed by atoms with van der Waals surface area (Å²) in [6.07, 6.45) is 3.98. The minimum absolute atomic E-state index is 0.00621. The molecule has 1 aromatic carbocycles. The highest BCUT2D eigenvalue weighted by atomic mass is 32.2. The molecule has 1 aliphatic rings. The van der Waals surface area contributed by atoms with Crippen molar-refractivity contribution in [2.24, 2.45) is 0 Å². The Labute approximate surface area is 165 Å². The highest BCUT2D eigenvalue weighted by Gasteiger charge is 2.29. The average Bonchev–Trinajstić information content (AvgIpc) is 3.11. The fraction of sp³-hybridized carbons (Fsp3) is 0.368. The van der Waals surface area contributed by atoms with Crippen molar-refractivity contribution in [3.63, 3.8) is 0 Å². The van der Waals surface area contributed by atoms with Gasteiger partial charge in [-0.2, -0.15) is 0 Å². The van der Waals surface area contributed by atoms with Gasteiger partial charge in [-0.1, -0.05) is 16.9 Å². The molecule has 3 aromatic rings. The molecule has 4 rings (SSSR count). The minimum Gasteiger partial charge on any atom is -0.372 e. The van der Waals surface area contributed by atoms with Crippen LogP contribution in [0, 0.1) is 5.82 Å². The lowest BCUT2D eigenvalue weighted by Crippen LogP contribution is -2.46. The molecule has 0 spiro atoms. The van der Waals surface area contributed by atoms with Gasteiger partial charge in [0, 0.05) is 24.8 Å². The van der Waals surface area contributed by atoms with Crippen LogP contribution in [-0.4, -0.2) is 53.0 Å². The zero-order valence-electron chi connectivity index (χ0n) is 15.7. The maximum atomic E-state index is 15.4. The lowest BCUT2D eigenvalue weighted by atomic mass is 10.0. The van der Waals surface area contributed by atoms with E-state index in [9.17, 15) is 4.79 Å². The zero-order chi connectivity index (χ0) is 19.8. The number of morpholine rings is 1. The van der Waals surface area contributed by atoms with Crippen LogP contribution >= 0.6 is 11.8 Å². The molecular weight excluding hydrogens is 383 g/mol. The molecule has 9 heteroatoms. The number of hydrogen-bond acceptors (Lipinski definition) is 8. The highest BCUT2D eigenvalue weighted by Crippen LogP contribution is 2.36. The highest BCUT2D eigenvalue weighted by molar-refractivity contribution is 7.98. The molecule has 28 heavy (non-hydrogen) atoms. The third-order valence-electron chi connectivity index (χ3n) is 4.63. The van der Waals surface area contributed by atoms with Crippen LogP contribution in [0.5, 0.6) is 0 Å². The monoisotopic (exact) mass is 402 g/mol. The molecular formula is C19H19FN4O3S. The number of hydrogen-bond donors (Lipinski definition) is 0. The van der Waals surface area contributed by atoms with Gasteiger partial charge in [0.15, 0.2) is 17.3 Å². The minimum atomic E-state index is -0.598. The van der Waals surface area contributed by atoms with Crippen molar-refractivity contribution in [1.82, 2.24) is 15.1 Å². The second-order valence-electron chi connectivity index (χ2n) is 6.74. The molecule has 146 valence electrons. The smallest absolute Gasteiger partial charge is 0.205 e. The number of rotatable bonds is 4. The van der Waals surface area contributed by atoms with Crippen molar-refractivity contribution in [2.45, 2.75) is 31.2 Å². The van der Waals surface area contributed by atoms with E-state index in [1.165, 1.54) is 11.8 Å². The predicted molar refractivity (Wildman–Crippen MR) is 104 cm³/mol. The van der Waals surface area contributed by atoms with E-state index in [1.807, 2.05) is 25.0 Å². The van der Waals surface area contributed by atoms with Crippen molar-refractivity contribution in [2.75, 3.05) is 24.2 Å². The van der Waals surface area contributed by atoms with Gasteiger partial charge in [-0.3, -0.25) is 4.79 Å². The molecule has 0 aliphatic carbocycles. The summed E-state index contributed by atoms with van der Waals surface area (Å²) >= 11 is 1.39. The summed E-state index contributed by atoms with van der Waals surface area (Å²) in [6, 6.07) is 3.28. The number of carbonyl (C=O) groups is 1. The Morgan fingerprint density at radius 2 is 2.07 bits per heavy atom. The maximum absolute atomic E-state index is 15.4. The number of fused-ring (bicyclic) bond motifs is 1. The van der Waals surface area contributed by atoms with Gasteiger partial charge < -0.3 is 14.2 Å². The van der Waals surface area contributed by atoms with Gasteiger partial charge in [0.2, 0.25) is 5.58 Å². The van der Waals surface area contributed by atoms with Crippen molar-refractivity contribution in [3.8, 4) is 11.4 Å². The van der Waals surface area contributed by atoms with Gasteiger partial charge in [0.1, 0.15) is 5.69 Å². The van der Waals surface area contributed by atoms with Crippen LogP contribution in [0.3, 0.4) is 0 Å². The molecule has 0 bridgehead atoms. The van der Waals surface area contributed by atoms with Crippen LogP contribution in [0.1, 0.15) is 24.2 Å². The average molecular weight is 402 g/mol. The number of anilines is 1. The fourth-order valence-electron chi connectivity index (χ4n) is 3.57. The quantitative estimate of drug-likeness (QED) is 0.372. The molecule has 1 saturated heterocycles. The van der Waals surface area contributed by atoms with E-state index in [2.05, 4.69) is 15.1 Å². The molecule has 3 heterocycles. The zero-order valence-corrected chi connectivity index (χ0v) is 16.5. The lowest BCUT2D eigenvalue weighted by molar-refractivity contribution is -0.00543. The molecule has 0 amide bonds. The van der Waals surface area contributed by atoms with Gasteiger partial charge in [-0.25, -0.2) is 14.4 Å². The number of thioether (sulfide) groups is 1. The standard InChI is InChI=1S/C19H19FN4O3S/c1-10-7-24(8-11(2)26-10)17-12(9-25)6-13-16(23-27-18(13)15(17)20)14-4-5-21-19(22-14)28-3/h4-6,9-11H,7-8H2,1-3H3. The number of halogens is 1. The predicted octanol–water partition coefficient (Wildman–Crippen LogP) is 3.57. The van der Waals surface area contributed by atoms with E-state index in [-0.39, 0.29) is 29.0 Å². The molecule has 1 aliphatic heterocycles. The van der Waals surface area contributed by atoms with Crippen LogP contribution in [0.15, 0.2) is 28.0 Å². The largest absolute Gasteiger partial charge is 0.372 e. The maximum Gasteiger partial charge on any atom is 0.205 e. The van der Waals surface area contributed by atoms with E-state index < -0.39 is 5.82 Å². The Morgan fingerprint density at radius 1 is 1.32 bits per heavy atom. The third kappa shape index (κ3) is 3.24. The van der Waals surface area contributed by atoms with Crippen molar-refractivity contribution in [1.29, 1.82) is 0 Å². The normalized spacial score (nSPS) is 19.9. The molecule has 2 unspecified atom stereocenters. The second kappa shape index (κ2) is 7.48. The number of aldehydes is 1. The van der Waals surface area contributed by atoms with Gasteiger partial charge in [0.25, 0.3) is 0 Å². The summed E-state index contributed by atoms with van der Waals surface area (Å²) < 4.78 is 26.5. The van der Waals surface area contributed by atoms with E-state index in [0.717, 1.165) is 0 Å². The second-order valence-corrected chi connectivity index (χ2v) is 7.52. The molecule has 0 N–H and O–H groups in total. The van der Waals surface area contributed by atoms with Gasteiger partial charge in [-0.15, -0.1) is 0 Å². The number of ether oxygens (including phenoxy) is 1. The molecule has 2 aromatic heterocycles. The molecule has 1 fully saturated rings. The Balaban J connectivity index is 1.86. The van der Waals surface area contributed by atoms with Gasteiger partial charge >= 0.3 is 0 Å². The lowest BCUT2D eigenvalue weighted by Gasteiger charge is -2.37. The molecule has 2 atom stereocenters. The van der Waals surface area contributed by atoms with Crippen LogP contribution in [-0.2, 0) is 4.74 Å². The number of aromatic nitrogens is 3. The summed E-state index contributed by atoms with van der Waals surface area (Å²) in [5, 5.41) is 4.99. The molecule has 7 nitrogen and oxygen atoms in total. The van der Waals surface area contributed by atoms with Crippen molar-refractivity contribution >= 4 is 34.7 Å². The molecule has 0 radical (unpaired) electrons. The van der Waals surface area contributed by atoms with Crippen LogP contribution < -0.4 is 4.90 Å². The SMILES string of the molecule is CSc1nccc(-c2noc3c(F)c(N4CC(C)OC(C)C4)c(C=O)cc23)n1. The summed E-state index contributed by atoms with van der Waals surface area (Å²) in [6.45, 7) is 4.81. The molecule has 0 saturated carbocycles. The Hall–Kier alpha value is -2.52. The topological polar surface area (TPSA) is 81.4 Å². The van der Waals surface area contributed by atoms with Crippen LogP contribution in [0.4, 0.5) is 10.1 Å². The van der Waals surface area contributed by atoms with E-state index >= 15 is 4.39 Å². The third-order valence-corrected chi connectivity index (χ3v) is 5.19. The Morgan fingerprint density at radius 3 is 2.75 bits per heavy atom. The fourth-order valence-corrected chi connectivity index (χ4v) is 3.93. The van der Waals surface area contributed by atoms with Crippen molar-refractivity contribution in [3.05, 3.63) is 29.7 Å². The first kappa shape index (κ1) is 18.8.